The van der Waals surface area contributed by atoms with E-state index in [0.717, 1.165) is 6.08 Å². The number of alkyl halides is 3. The molecule has 0 N–H and O–H groups in total. The predicted molar refractivity (Wildman–Crippen MR) is 121 cm³/mol. The van der Waals surface area contributed by atoms with E-state index in [1.165, 1.54) is 0 Å². The monoisotopic (exact) mass is 561 g/mol. The van der Waals surface area contributed by atoms with Crippen LogP contribution in [-0.2, 0) is 16.1 Å². The van der Waals surface area contributed by atoms with E-state index in [2.05, 4.69) is 4.98 Å². The van der Waals surface area contributed by atoms with Gasteiger partial charge < -0.3 is 9.47 Å². The first-order valence-corrected chi connectivity index (χ1v) is 11.2. The molecule has 3 rings (SSSR count). The van der Waals surface area contributed by atoms with E-state index in [-0.39, 0.29) is 32.7 Å². The number of esters is 1. The Labute approximate surface area is 212 Å². The second-order valence-corrected chi connectivity index (χ2v) is 9.72. The lowest BCUT2D eigenvalue weighted by Crippen LogP contribution is -2.11. The lowest BCUT2D eigenvalue weighted by atomic mass is 10.1. The molecule has 4 nitrogen and oxygen atoms in total. The smallest absolute Gasteiger partial charge is 0.426 e. The van der Waals surface area contributed by atoms with E-state index in [9.17, 15) is 18.0 Å². The maximum absolute atomic E-state index is 12.7. The number of rotatable bonds is 6. The summed E-state index contributed by atoms with van der Waals surface area (Å²) in [6, 6.07) is 6.48. The highest BCUT2D eigenvalue weighted by Gasteiger charge is 2.62. The van der Waals surface area contributed by atoms with Crippen molar-refractivity contribution >= 4 is 64.0 Å². The molecule has 1 aromatic heterocycles. The van der Waals surface area contributed by atoms with Crippen LogP contribution in [0.5, 0.6) is 11.5 Å². The molecule has 12 heteroatoms. The van der Waals surface area contributed by atoms with Crippen LogP contribution in [0.25, 0.3) is 0 Å². The molecule has 1 heterocycles. The molecule has 2 atom stereocenters. The number of pyridine rings is 1. The van der Waals surface area contributed by atoms with Crippen molar-refractivity contribution in [2.45, 2.75) is 26.6 Å². The minimum atomic E-state index is -4.66. The van der Waals surface area contributed by atoms with E-state index in [4.69, 9.17) is 67.5 Å². The molecule has 1 fully saturated rings. The zero-order valence-corrected chi connectivity index (χ0v) is 20.7. The zero-order chi connectivity index (χ0) is 24.7. The molecule has 0 spiro atoms. The van der Waals surface area contributed by atoms with Crippen LogP contribution in [0.2, 0.25) is 20.4 Å². The molecule has 33 heavy (non-hydrogen) atoms. The minimum Gasteiger partial charge on any atom is -0.461 e. The van der Waals surface area contributed by atoms with Crippen molar-refractivity contribution < 1.29 is 27.4 Å². The zero-order valence-electron chi connectivity index (χ0n) is 16.9. The van der Waals surface area contributed by atoms with Gasteiger partial charge in [-0.25, -0.2) is 4.98 Å². The van der Waals surface area contributed by atoms with Gasteiger partial charge in [-0.2, -0.15) is 13.2 Å². The van der Waals surface area contributed by atoms with E-state index in [1.807, 2.05) is 0 Å². The van der Waals surface area contributed by atoms with Crippen molar-refractivity contribution in [1.82, 2.24) is 4.98 Å². The maximum atomic E-state index is 12.7. The van der Waals surface area contributed by atoms with E-state index in [0.29, 0.717) is 11.3 Å². The third-order valence-electron chi connectivity index (χ3n) is 5.22. The number of halogens is 8. The van der Waals surface area contributed by atoms with Crippen molar-refractivity contribution in [3.05, 3.63) is 61.3 Å². The highest BCUT2D eigenvalue weighted by molar-refractivity contribution is 6.47. The standard InChI is InChI=1S/C21H15Cl5F3NO3/c1-20(2)11(7-12(22)21(27,28)29)13(20)19(31)32-8-9-4-3-5-10(6-9)33-16-14(23)17(25)30-18(26)15(16)24/h3-7,11,13H,8H2,1-2H3/b12-7-. The van der Waals surface area contributed by atoms with Gasteiger partial charge in [0.05, 0.1) is 5.92 Å². The van der Waals surface area contributed by atoms with Crippen LogP contribution in [0.3, 0.4) is 0 Å². The van der Waals surface area contributed by atoms with Crippen molar-refractivity contribution in [3.8, 4) is 11.5 Å². The fourth-order valence-electron chi connectivity index (χ4n) is 3.31. The number of hydrogen-bond acceptors (Lipinski definition) is 4. The van der Waals surface area contributed by atoms with E-state index < -0.39 is 34.4 Å². The lowest BCUT2D eigenvalue weighted by Gasteiger charge is -2.12. The van der Waals surface area contributed by atoms with Gasteiger partial charge in [0.25, 0.3) is 0 Å². The van der Waals surface area contributed by atoms with Gasteiger partial charge in [-0.1, -0.05) is 90.1 Å². The Hall–Kier alpha value is -1.38. The van der Waals surface area contributed by atoms with Crippen LogP contribution < -0.4 is 4.74 Å². The molecular formula is C21H15Cl5F3NO3. The summed E-state index contributed by atoms with van der Waals surface area (Å²) >= 11 is 29.3. The number of benzene rings is 1. The molecule has 1 aliphatic carbocycles. The first-order valence-electron chi connectivity index (χ1n) is 9.31. The van der Waals surface area contributed by atoms with Crippen molar-refractivity contribution in [2.75, 3.05) is 0 Å². The quantitative estimate of drug-likeness (QED) is 0.261. The fourth-order valence-corrected chi connectivity index (χ4v) is 4.23. The van der Waals surface area contributed by atoms with Gasteiger partial charge in [-0.15, -0.1) is 0 Å². The Kier molecular flexibility index (Phi) is 7.71. The number of hydrogen-bond donors (Lipinski definition) is 0. The number of ether oxygens (including phenoxy) is 2. The summed E-state index contributed by atoms with van der Waals surface area (Å²) in [6.07, 6.45) is -3.80. The fraction of sp³-hybridized carbons (Fsp3) is 0.333. The average Bonchev–Trinajstić information content (AvgIpc) is 3.27. The third kappa shape index (κ3) is 5.82. The molecule has 0 aliphatic heterocycles. The van der Waals surface area contributed by atoms with Crippen LogP contribution in [0.15, 0.2) is 35.4 Å². The van der Waals surface area contributed by atoms with E-state index in [1.54, 1.807) is 38.1 Å². The Morgan fingerprint density at radius 3 is 2.33 bits per heavy atom. The second-order valence-electron chi connectivity index (χ2n) is 7.84. The first-order chi connectivity index (χ1) is 15.2. The van der Waals surface area contributed by atoms with Gasteiger partial charge in [0.15, 0.2) is 16.1 Å². The normalized spacial score (nSPS) is 19.9. The van der Waals surface area contributed by atoms with E-state index >= 15 is 0 Å². The van der Waals surface area contributed by atoms with Crippen LogP contribution in [-0.4, -0.2) is 17.1 Å². The minimum absolute atomic E-state index is 0.00776. The van der Waals surface area contributed by atoms with Crippen molar-refractivity contribution in [2.24, 2.45) is 17.3 Å². The molecule has 1 saturated carbocycles. The summed E-state index contributed by atoms with van der Waals surface area (Å²) in [7, 11) is 0. The van der Waals surface area contributed by atoms with Gasteiger partial charge in [0.2, 0.25) is 0 Å². The summed E-state index contributed by atoms with van der Waals surface area (Å²) in [5.41, 5.74) is -0.154. The van der Waals surface area contributed by atoms with Crippen LogP contribution in [0, 0.1) is 17.3 Å². The Balaban J connectivity index is 1.68. The topological polar surface area (TPSA) is 48.4 Å². The second kappa shape index (κ2) is 9.70. The average molecular weight is 564 g/mol. The molecule has 0 amide bonds. The summed E-state index contributed by atoms with van der Waals surface area (Å²) in [6.45, 7) is 3.21. The molecule has 0 bridgehead atoms. The van der Waals surface area contributed by atoms with Gasteiger partial charge >= 0.3 is 12.1 Å². The molecular weight excluding hydrogens is 548 g/mol. The molecule has 1 aliphatic rings. The Morgan fingerprint density at radius 1 is 1.15 bits per heavy atom. The molecule has 178 valence electrons. The van der Waals surface area contributed by atoms with Crippen molar-refractivity contribution in [3.63, 3.8) is 0 Å². The molecule has 0 saturated heterocycles. The molecule has 2 aromatic rings. The number of carbonyl (C=O) groups is 1. The van der Waals surface area contributed by atoms with Crippen LogP contribution in [0.4, 0.5) is 13.2 Å². The SMILES string of the molecule is CC1(C)C(/C=C(\Cl)C(F)(F)F)C1C(=O)OCc1cccc(Oc2c(Cl)c(Cl)nc(Cl)c2Cl)c1. The van der Waals surface area contributed by atoms with Gasteiger partial charge in [0.1, 0.15) is 27.4 Å². The Morgan fingerprint density at radius 2 is 1.76 bits per heavy atom. The van der Waals surface area contributed by atoms with Gasteiger partial charge in [0, 0.05) is 0 Å². The number of carbonyl (C=O) groups excluding carboxylic acids is 1. The first kappa shape index (κ1) is 26.2. The maximum Gasteiger partial charge on any atom is 0.426 e. The third-order valence-corrected chi connectivity index (χ3v) is 7.00. The number of allylic oxidation sites excluding steroid dienone is 2. The Bertz CT molecular complexity index is 1090. The largest absolute Gasteiger partial charge is 0.461 e. The summed E-state index contributed by atoms with van der Waals surface area (Å²) in [5, 5.41) is -1.50. The highest BCUT2D eigenvalue weighted by Crippen LogP contribution is 2.60. The molecule has 2 unspecified atom stereocenters. The predicted octanol–water partition coefficient (Wildman–Crippen LogP) is 8.49. The van der Waals surface area contributed by atoms with Crippen LogP contribution >= 0.6 is 58.0 Å². The number of aromatic nitrogens is 1. The van der Waals surface area contributed by atoms with Gasteiger partial charge in [-0.05, 0) is 29.0 Å². The lowest BCUT2D eigenvalue weighted by molar-refractivity contribution is -0.147. The van der Waals surface area contributed by atoms with Gasteiger partial charge in [-0.3, -0.25) is 4.79 Å². The summed E-state index contributed by atoms with van der Waals surface area (Å²) in [5.74, 6) is -1.74. The van der Waals surface area contributed by atoms with Crippen molar-refractivity contribution in [1.29, 1.82) is 0 Å². The summed E-state index contributed by atoms with van der Waals surface area (Å²) < 4.78 is 49.2. The number of nitrogens with zero attached hydrogens (tertiary/aromatic N) is 1. The summed E-state index contributed by atoms with van der Waals surface area (Å²) in [4.78, 5) is 16.3. The van der Waals surface area contributed by atoms with Crippen LogP contribution in [0.1, 0.15) is 19.4 Å². The highest BCUT2D eigenvalue weighted by atomic mass is 35.5. The molecule has 0 radical (unpaired) electrons. The molecule has 1 aromatic carbocycles.